The van der Waals surface area contributed by atoms with Crippen molar-refractivity contribution in [3.8, 4) is 5.75 Å². The lowest BCUT2D eigenvalue weighted by Crippen LogP contribution is -2.08. The fraction of sp³-hybridized carbons (Fsp3) is 0.222. The van der Waals surface area contributed by atoms with Crippen molar-refractivity contribution in [2.75, 3.05) is 14.2 Å². The maximum absolute atomic E-state index is 13.3. The zero-order valence-electron chi connectivity index (χ0n) is 8.86. The number of benzene rings is 1. The normalized spacial score (nSPS) is 11.1. The smallest absolute Gasteiger partial charge is 0.340 e. The molecule has 94 valence electrons. The quantitative estimate of drug-likeness (QED) is 0.609. The van der Waals surface area contributed by atoms with Gasteiger partial charge in [-0.3, -0.25) is 0 Å². The maximum Gasteiger partial charge on any atom is 0.340 e. The molecule has 0 saturated heterocycles. The van der Waals surface area contributed by atoms with E-state index < -0.39 is 38.2 Å². The Bertz CT molecular complexity index is 553. The highest BCUT2D eigenvalue weighted by atomic mass is 32.3. The van der Waals surface area contributed by atoms with Gasteiger partial charge < -0.3 is 9.47 Å². The average Bonchev–Trinajstić information content (AvgIpc) is 2.25. The Morgan fingerprint density at radius 3 is 2.29 bits per heavy atom. The number of ether oxygens (including phenoxy) is 2. The highest BCUT2D eigenvalue weighted by Crippen LogP contribution is 2.28. The molecular weight excluding hydrogens is 258 g/mol. The second-order valence-corrected chi connectivity index (χ2v) is 4.23. The summed E-state index contributed by atoms with van der Waals surface area (Å²) in [4.78, 5) is 10.2. The maximum atomic E-state index is 13.3. The van der Waals surface area contributed by atoms with Crippen molar-refractivity contribution in [1.29, 1.82) is 0 Å². The molecule has 0 aliphatic rings. The van der Waals surface area contributed by atoms with Crippen LogP contribution in [0.1, 0.15) is 10.4 Å². The van der Waals surface area contributed by atoms with Crippen molar-refractivity contribution in [2.24, 2.45) is 0 Å². The lowest BCUT2D eigenvalue weighted by Gasteiger charge is -2.07. The van der Waals surface area contributed by atoms with E-state index in [2.05, 4.69) is 9.47 Å². The zero-order chi connectivity index (χ0) is 13.2. The summed E-state index contributed by atoms with van der Waals surface area (Å²) in [6, 6.07) is 1.12. The summed E-state index contributed by atoms with van der Waals surface area (Å²) in [7, 11) is -3.10. The molecule has 0 fully saturated rings. The molecule has 0 bridgehead atoms. The van der Waals surface area contributed by atoms with Gasteiger partial charge in [-0.25, -0.2) is 9.18 Å². The van der Waals surface area contributed by atoms with Crippen LogP contribution in [0.2, 0.25) is 0 Å². The first-order valence-electron chi connectivity index (χ1n) is 4.21. The Morgan fingerprint density at radius 1 is 1.29 bits per heavy atom. The Labute approximate surface area is 96.2 Å². The Kier molecular flexibility index (Phi) is 3.66. The molecule has 0 atom stereocenters. The standard InChI is InChI=1S/C9H8F2O5S/c1-15-7-4-6(10)5(9(12)16-2)3-8(7)17(11,13)14/h3-4H,1-2H3. The Balaban J connectivity index is 3.54. The third-order valence-electron chi connectivity index (χ3n) is 1.92. The first-order chi connectivity index (χ1) is 7.81. The van der Waals surface area contributed by atoms with Gasteiger partial charge in [-0.1, -0.05) is 0 Å². The minimum Gasteiger partial charge on any atom is -0.495 e. The Morgan fingerprint density at radius 2 is 1.88 bits per heavy atom. The lowest BCUT2D eigenvalue weighted by atomic mass is 10.2. The summed E-state index contributed by atoms with van der Waals surface area (Å²) in [6.45, 7) is 0. The van der Waals surface area contributed by atoms with Crippen LogP contribution < -0.4 is 4.74 Å². The second kappa shape index (κ2) is 4.66. The predicted molar refractivity (Wildman–Crippen MR) is 52.6 cm³/mol. The van der Waals surface area contributed by atoms with E-state index in [1.54, 1.807) is 0 Å². The van der Waals surface area contributed by atoms with E-state index in [4.69, 9.17) is 0 Å². The Hall–Kier alpha value is -1.70. The number of methoxy groups -OCH3 is 2. The summed E-state index contributed by atoms with van der Waals surface area (Å²) in [5.41, 5.74) is -0.690. The molecular formula is C9H8F2O5S. The monoisotopic (exact) mass is 266 g/mol. The molecule has 0 aliphatic heterocycles. The van der Waals surface area contributed by atoms with Crippen LogP contribution in [0.3, 0.4) is 0 Å². The van der Waals surface area contributed by atoms with Crippen molar-refractivity contribution < 1.29 is 31.0 Å². The molecule has 1 rings (SSSR count). The van der Waals surface area contributed by atoms with Gasteiger partial charge in [0.25, 0.3) is 0 Å². The van der Waals surface area contributed by atoms with E-state index in [9.17, 15) is 21.5 Å². The molecule has 0 amide bonds. The van der Waals surface area contributed by atoms with E-state index in [0.717, 1.165) is 14.2 Å². The van der Waals surface area contributed by atoms with Crippen molar-refractivity contribution in [3.63, 3.8) is 0 Å². The fourth-order valence-electron chi connectivity index (χ4n) is 1.15. The van der Waals surface area contributed by atoms with Gasteiger partial charge in [-0.05, 0) is 6.07 Å². The number of esters is 1. The third kappa shape index (κ3) is 2.70. The van der Waals surface area contributed by atoms with Crippen LogP contribution in [0.4, 0.5) is 8.28 Å². The molecule has 1 aromatic carbocycles. The van der Waals surface area contributed by atoms with Gasteiger partial charge in [-0.2, -0.15) is 8.42 Å². The summed E-state index contributed by atoms with van der Waals surface area (Å²) in [5, 5.41) is 0. The molecule has 0 heterocycles. The number of hydrogen-bond acceptors (Lipinski definition) is 5. The van der Waals surface area contributed by atoms with Gasteiger partial charge in [0.15, 0.2) is 0 Å². The van der Waals surface area contributed by atoms with E-state index in [1.807, 2.05) is 0 Å². The summed E-state index contributed by atoms with van der Waals surface area (Å²) >= 11 is 0. The summed E-state index contributed by atoms with van der Waals surface area (Å²) in [6.07, 6.45) is 0. The minimum atomic E-state index is -5.13. The van der Waals surface area contributed by atoms with Crippen LogP contribution in [0.15, 0.2) is 17.0 Å². The first-order valence-corrected chi connectivity index (χ1v) is 5.60. The van der Waals surface area contributed by atoms with Gasteiger partial charge in [0, 0.05) is 6.07 Å². The fourth-order valence-corrected chi connectivity index (χ4v) is 1.79. The molecule has 5 nitrogen and oxygen atoms in total. The van der Waals surface area contributed by atoms with Crippen LogP contribution in [-0.4, -0.2) is 28.6 Å². The summed E-state index contributed by atoms with van der Waals surface area (Å²) < 4.78 is 56.5. The molecule has 0 aromatic heterocycles. The predicted octanol–water partition coefficient (Wildman–Crippen LogP) is 1.28. The molecule has 1 aromatic rings. The highest BCUT2D eigenvalue weighted by molar-refractivity contribution is 7.86. The van der Waals surface area contributed by atoms with E-state index in [-0.39, 0.29) is 0 Å². The number of carbonyl (C=O) groups is 1. The number of halogens is 2. The number of hydrogen-bond donors (Lipinski definition) is 0. The van der Waals surface area contributed by atoms with Crippen LogP contribution in [-0.2, 0) is 15.0 Å². The number of carbonyl (C=O) groups excluding carboxylic acids is 1. The van der Waals surface area contributed by atoms with E-state index in [0.29, 0.717) is 12.1 Å². The van der Waals surface area contributed by atoms with Crippen LogP contribution in [0.25, 0.3) is 0 Å². The van der Waals surface area contributed by atoms with Crippen molar-refractivity contribution >= 4 is 16.2 Å². The van der Waals surface area contributed by atoms with Crippen molar-refractivity contribution in [3.05, 3.63) is 23.5 Å². The van der Waals surface area contributed by atoms with Gasteiger partial charge in [-0.15, -0.1) is 3.89 Å². The molecule has 8 heteroatoms. The van der Waals surface area contributed by atoms with Gasteiger partial charge >= 0.3 is 16.2 Å². The molecule has 0 saturated carbocycles. The second-order valence-electron chi connectivity index (χ2n) is 2.91. The van der Waals surface area contributed by atoms with Crippen LogP contribution >= 0.6 is 0 Å². The lowest BCUT2D eigenvalue weighted by molar-refractivity contribution is 0.0595. The van der Waals surface area contributed by atoms with Crippen molar-refractivity contribution in [2.45, 2.75) is 4.90 Å². The molecule has 0 unspecified atom stereocenters. The molecule has 0 N–H and O–H groups in total. The minimum absolute atomic E-state index is 0.523. The van der Waals surface area contributed by atoms with E-state index >= 15 is 0 Å². The zero-order valence-corrected chi connectivity index (χ0v) is 9.68. The molecule has 17 heavy (non-hydrogen) atoms. The molecule has 0 spiro atoms. The van der Waals surface area contributed by atoms with Gasteiger partial charge in [0.1, 0.15) is 16.5 Å². The third-order valence-corrected chi connectivity index (χ3v) is 2.77. The van der Waals surface area contributed by atoms with E-state index in [1.165, 1.54) is 0 Å². The molecule has 0 aliphatic carbocycles. The van der Waals surface area contributed by atoms with Crippen LogP contribution in [0.5, 0.6) is 5.75 Å². The van der Waals surface area contributed by atoms with Gasteiger partial charge in [0.05, 0.1) is 19.8 Å². The highest BCUT2D eigenvalue weighted by Gasteiger charge is 2.24. The first kappa shape index (κ1) is 13.4. The van der Waals surface area contributed by atoms with Crippen molar-refractivity contribution in [1.82, 2.24) is 0 Å². The number of rotatable bonds is 3. The largest absolute Gasteiger partial charge is 0.495 e. The van der Waals surface area contributed by atoms with Gasteiger partial charge in [0.2, 0.25) is 0 Å². The summed E-state index contributed by atoms with van der Waals surface area (Å²) in [5.74, 6) is -2.71. The molecule has 0 radical (unpaired) electrons. The average molecular weight is 266 g/mol. The van der Waals surface area contributed by atoms with Crippen LogP contribution in [0, 0.1) is 5.82 Å². The SMILES string of the molecule is COC(=O)c1cc(S(=O)(=O)F)c(OC)cc1F. The topological polar surface area (TPSA) is 69.7 Å².